The molecule has 0 bridgehead atoms. The molecule has 4 rings (SSSR count). The van der Waals surface area contributed by atoms with Crippen LogP contribution in [0.15, 0.2) is 24.7 Å². The quantitative estimate of drug-likeness (QED) is 0.738. The number of aromatic amines is 1. The minimum absolute atomic E-state index is 0.0902. The molecular formula is C15H16N6O. The van der Waals surface area contributed by atoms with Crippen molar-refractivity contribution in [2.24, 2.45) is 7.05 Å². The zero-order chi connectivity index (χ0) is 15.1. The second kappa shape index (κ2) is 4.94. The maximum Gasteiger partial charge on any atom is 0.253 e. The van der Waals surface area contributed by atoms with Crippen LogP contribution in [-0.2, 0) is 19.9 Å². The molecule has 1 amide bonds. The van der Waals surface area contributed by atoms with E-state index in [1.807, 2.05) is 19.3 Å². The third-order valence-electron chi connectivity index (χ3n) is 4.21. The first-order chi connectivity index (χ1) is 10.7. The van der Waals surface area contributed by atoms with Crippen molar-refractivity contribution in [2.45, 2.75) is 25.3 Å². The number of rotatable bonds is 2. The minimum Gasteiger partial charge on any atom is -0.349 e. The highest BCUT2D eigenvalue weighted by Crippen LogP contribution is 2.19. The number of nitrogens with zero attached hydrogens (tertiary/aromatic N) is 4. The van der Waals surface area contributed by atoms with Gasteiger partial charge in [-0.3, -0.25) is 19.6 Å². The molecule has 3 aromatic rings. The molecule has 0 aliphatic heterocycles. The van der Waals surface area contributed by atoms with Gasteiger partial charge in [0.15, 0.2) is 0 Å². The number of aromatic nitrogens is 5. The summed E-state index contributed by atoms with van der Waals surface area (Å²) in [5, 5.41) is 14.3. The fraction of sp³-hybridized carbons (Fsp3) is 0.333. The zero-order valence-corrected chi connectivity index (χ0v) is 12.2. The second-order valence-corrected chi connectivity index (χ2v) is 5.68. The van der Waals surface area contributed by atoms with Gasteiger partial charge in [-0.1, -0.05) is 0 Å². The lowest BCUT2D eigenvalue weighted by atomic mass is 9.93. The Morgan fingerprint density at radius 1 is 1.41 bits per heavy atom. The van der Waals surface area contributed by atoms with E-state index in [4.69, 9.17) is 0 Å². The predicted octanol–water partition coefficient (Wildman–Crippen LogP) is 0.979. The van der Waals surface area contributed by atoms with Crippen LogP contribution in [0, 0.1) is 0 Å². The molecule has 1 aliphatic rings. The van der Waals surface area contributed by atoms with E-state index in [0.717, 1.165) is 30.3 Å². The molecule has 2 N–H and O–H groups in total. The van der Waals surface area contributed by atoms with Crippen LogP contribution in [0.3, 0.4) is 0 Å². The van der Waals surface area contributed by atoms with Crippen LogP contribution in [0.2, 0.25) is 0 Å². The van der Waals surface area contributed by atoms with E-state index >= 15 is 0 Å². The third-order valence-corrected chi connectivity index (χ3v) is 4.21. The number of hydrogen-bond acceptors (Lipinski definition) is 4. The fourth-order valence-electron chi connectivity index (χ4n) is 2.96. The van der Waals surface area contributed by atoms with Crippen molar-refractivity contribution in [1.29, 1.82) is 0 Å². The van der Waals surface area contributed by atoms with Gasteiger partial charge in [0.05, 0.1) is 23.5 Å². The molecule has 0 saturated carbocycles. The Balaban J connectivity index is 1.53. The van der Waals surface area contributed by atoms with Crippen LogP contribution in [0.1, 0.15) is 28.0 Å². The summed E-state index contributed by atoms with van der Waals surface area (Å²) in [6, 6.07) is 1.97. The Labute approximate surface area is 126 Å². The fourth-order valence-corrected chi connectivity index (χ4v) is 2.96. The zero-order valence-electron chi connectivity index (χ0n) is 12.2. The molecule has 22 heavy (non-hydrogen) atoms. The van der Waals surface area contributed by atoms with Crippen LogP contribution in [-0.4, -0.2) is 36.9 Å². The Morgan fingerprint density at radius 2 is 2.32 bits per heavy atom. The van der Waals surface area contributed by atoms with Gasteiger partial charge in [0.25, 0.3) is 5.91 Å². The van der Waals surface area contributed by atoms with Crippen LogP contribution in [0.4, 0.5) is 0 Å². The lowest BCUT2D eigenvalue weighted by molar-refractivity contribution is 0.0933. The molecule has 0 saturated heterocycles. The predicted molar refractivity (Wildman–Crippen MR) is 80.4 cm³/mol. The van der Waals surface area contributed by atoms with E-state index in [0.29, 0.717) is 5.56 Å². The van der Waals surface area contributed by atoms with E-state index in [1.54, 1.807) is 17.1 Å². The van der Waals surface area contributed by atoms with Gasteiger partial charge in [0.2, 0.25) is 0 Å². The standard InChI is InChI=1S/C15H16N6O/c1-21-14-5-10(6-16-13(14)8-18-21)15(22)19-11-2-3-12-9(4-11)7-17-20-12/h5-8,11H,2-4H2,1H3,(H,17,20)(H,19,22). The first-order valence-electron chi connectivity index (χ1n) is 7.30. The molecule has 1 atom stereocenters. The number of amides is 1. The molecule has 1 aliphatic carbocycles. The Kier molecular flexibility index (Phi) is 2.92. The molecular weight excluding hydrogens is 280 g/mol. The molecule has 7 heteroatoms. The van der Waals surface area contributed by atoms with Crippen molar-refractivity contribution in [3.63, 3.8) is 0 Å². The van der Waals surface area contributed by atoms with E-state index in [2.05, 4.69) is 25.6 Å². The monoisotopic (exact) mass is 296 g/mol. The molecule has 0 aromatic carbocycles. The Morgan fingerprint density at radius 3 is 3.23 bits per heavy atom. The van der Waals surface area contributed by atoms with E-state index in [1.165, 1.54) is 11.3 Å². The highest BCUT2D eigenvalue weighted by molar-refractivity contribution is 5.96. The molecule has 3 aromatic heterocycles. The minimum atomic E-state index is -0.0902. The lowest BCUT2D eigenvalue weighted by Crippen LogP contribution is -2.38. The topological polar surface area (TPSA) is 88.5 Å². The van der Waals surface area contributed by atoms with Gasteiger partial charge >= 0.3 is 0 Å². The highest BCUT2D eigenvalue weighted by Gasteiger charge is 2.22. The molecule has 0 fully saturated rings. The summed E-state index contributed by atoms with van der Waals surface area (Å²) in [5.74, 6) is -0.0902. The molecule has 7 nitrogen and oxygen atoms in total. The summed E-state index contributed by atoms with van der Waals surface area (Å²) >= 11 is 0. The maximum absolute atomic E-state index is 12.4. The summed E-state index contributed by atoms with van der Waals surface area (Å²) in [5.41, 5.74) is 4.59. The summed E-state index contributed by atoms with van der Waals surface area (Å²) in [6.45, 7) is 0. The molecule has 1 unspecified atom stereocenters. The van der Waals surface area contributed by atoms with Crippen molar-refractivity contribution in [1.82, 2.24) is 30.3 Å². The van der Waals surface area contributed by atoms with Gasteiger partial charge in [0.1, 0.15) is 5.52 Å². The van der Waals surface area contributed by atoms with Crippen LogP contribution >= 0.6 is 0 Å². The van der Waals surface area contributed by atoms with Crippen LogP contribution in [0.5, 0.6) is 0 Å². The molecule has 112 valence electrons. The average Bonchev–Trinajstić information content (AvgIpc) is 3.13. The summed E-state index contributed by atoms with van der Waals surface area (Å²) < 4.78 is 1.72. The first-order valence-corrected chi connectivity index (χ1v) is 7.30. The molecule has 0 radical (unpaired) electrons. The van der Waals surface area contributed by atoms with E-state index in [-0.39, 0.29) is 11.9 Å². The maximum atomic E-state index is 12.4. The first kappa shape index (κ1) is 13.0. The average molecular weight is 296 g/mol. The normalized spacial score (nSPS) is 17.4. The number of pyridine rings is 1. The smallest absolute Gasteiger partial charge is 0.253 e. The lowest BCUT2D eigenvalue weighted by Gasteiger charge is -2.22. The molecule has 0 spiro atoms. The number of carbonyl (C=O) groups excluding carboxylic acids is 1. The third kappa shape index (κ3) is 2.14. The van der Waals surface area contributed by atoms with Crippen LogP contribution in [0.25, 0.3) is 11.0 Å². The SMILES string of the molecule is Cn1ncc2ncc(C(=O)NC3CCc4[nH]ncc4C3)cc21. The van der Waals surface area contributed by atoms with Gasteiger partial charge < -0.3 is 5.32 Å². The van der Waals surface area contributed by atoms with Gasteiger partial charge in [-0.05, 0) is 30.9 Å². The van der Waals surface area contributed by atoms with Crippen molar-refractivity contribution >= 4 is 16.9 Å². The van der Waals surface area contributed by atoms with Crippen molar-refractivity contribution < 1.29 is 4.79 Å². The summed E-state index contributed by atoms with van der Waals surface area (Å²) in [6.07, 6.45) is 7.79. The van der Waals surface area contributed by atoms with Crippen molar-refractivity contribution in [2.75, 3.05) is 0 Å². The Bertz CT molecular complexity index is 849. The van der Waals surface area contributed by atoms with Crippen LogP contribution < -0.4 is 5.32 Å². The number of hydrogen-bond donors (Lipinski definition) is 2. The number of nitrogens with one attached hydrogen (secondary N) is 2. The Hall–Kier alpha value is -2.70. The number of H-pyrrole nitrogens is 1. The van der Waals surface area contributed by atoms with Crippen molar-refractivity contribution in [3.8, 4) is 0 Å². The van der Waals surface area contributed by atoms with E-state index < -0.39 is 0 Å². The number of carbonyl (C=O) groups is 1. The second-order valence-electron chi connectivity index (χ2n) is 5.68. The van der Waals surface area contributed by atoms with Gasteiger partial charge in [-0.15, -0.1) is 0 Å². The van der Waals surface area contributed by atoms with Gasteiger partial charge in [-0.25, -0.2) is 0 Å². The highest BCUT2D eigenvalue weighted by atomic mass is 16.1. The summed E-state index contributed by atoms with van der Waals surface area (Å²) in [4.78, 5) is 16.7. The summed E-state index contributed by atoms with van der Waals surface area (Å²) in [7, 11) is 1.84. The molecule has 3 heterocycles. The van der Waals surface area contributed by atoms with Crippen molar-refractivity contribution in [3.05, 3.63) is 41.5 Å². The number of fused-ring (bicyclic) bond motifs is 2. The van der Waals surface area contributed by atoms with Gasteiger partial charge in [-0.2, -0.15) is 10.2 Å². The van der Waals surface area contributed by atoms with E-state index in [9.17, 15) is 4.79 Å². The number of aryl methyl sites for hydroxylation is 2. The largest absolute Gasteiger partial charge is 0.349 e. The van der Waals surface area contributed by atoms with Gasteiger partial charge in [0, 0.05) is 25.0 Å².